The number of rotatable bonds is 2. The number of benzene rings is 2. The Bertz CT molecular complexity index is 845. The van der Waals surface area contributed by atoms with Crippen LogP contribution in [0.1, 0.15) is 5.56 Å². The number of hydrogen-bond acceptors (Lipinski definition) is 2. The summed E-state index contributed by atoms with van der Waals surface area (Å²) in [4.78, 5) is 3.88. The molecule has 7 heteroatoms. The first kappa shape index (κ1) is 13.8. The lowest BCUT2D eigenvalue weighted by Crippen LogP contribution is -2.05. The zero-order chi connectivity index (χ0) is 15.1. The largest absolute Gasteiger partial charge is 0.369 e. The SMILES string of the molecule is Nc1nc2c(F)cc(F)cc2n1Cc1ccc(F)c(Cl)c1. The molecule has 0 unspecified atom stereocenters. The van der Waals surface area contributed by atoms with Crippen LogP contribution in [-0.4, -0.2) is 9.55 Å². The first-order chi connectivity index (χ1) is 9.95. The second-order valence-corrected chi connectivity index (χ2v) is 4.97. The molecule has 0 saturated heterocycles. The molecule has 108 valence electrons. The van der Waals surface area contributed by atoms with Crippen molar-refractivity contribution in [3.63, 3.8) is 0 Å². The zero-order valence-electron chi connectivity index (χ0n) is 10.6. The van der Waals surface area contributed by atoms with Gasteiger partial charge in [0.2, 0.25) is 5.95 Å². The van der Waals surface area contributed by atoms with Crippen LogP contribution in [0.3, 0.4) is 0 Å². The summed E-state index contributed by atoms with van der Waals surface area (Å²) in [5.74, 6) is -2.01. The molecule has 0 aliphatic rings. The summed E-state index contributed by atoms with van der Waals surface area (Å²) in [5.41, 5.74) is 6.60. The molecule has 3 nitrogen and oxygen atoms in total. The van der Waals surface area contributed by atoms with Crippen LogP contribution in [-0.2, 0) is 6.54 Å². The summed E-state index contributed by atoms with van der Waals surface area (Å²) >= 11 is 5.71. The third kappa shape index (κ3) is 2.42. The van der Waals surface area contributed by atoms with Gasteiger partial charge in [-0.2, -0.15) is 0 Å². The van der Waals surface area contributed by atoms with Gasteiger partial charge in [-0.25, -0.2) is 18.2 Å². The average molecular weight is 312 g/mol. The molecule has 0 saturated carbocycles. The van der Waals surface area contributed by atoms with Gasteiger partial charge in [0.1, 0.15) is 17.2 Å². The van der Waals surface area contributed by atoms with Crippen molar-refractivity contribution in [2.24, 2.45) is 0 Å². The second-order valence-electron chi connectivity index (χ2n) is 4.56. The number of nitrogen functional groups attached to an aromatic ring is 1. The predicted molar refractivity (Wildman–Crippen MR) is 74.6 cm³/mol. The van der Waals surface area contributed by atoms with E-state index in [1.807, 2.05) is 0 Å². The number of nitrogens with two attached hydrogens (primary N) is 1. The highest BCUT2D eigenvalue weighted by Crippen LogP contribution is 2.24. The van der Waals surface area contributed by atoms with Crippen molar-refractivity contribution in [3.8, 4) is 0 Å². The van der Waals surface area contributed by atoms with Gasteiger partial charge >= 0.3 is 0 Å². The molecule has 21 heavy (non-hydrogen) atoms. The molecule has 0 aliphatic heterocycles. The van der Waals surface area contributed by atoms with E-state index in [-0.39, 0.29) is 28.5 Å². The number of fused-ring (bicyclic) bond motifs is 1. The number of nitrogens with zero attached hydrogens (tertiary/aromatic N) is 2. The molecule has 0 radical (unpaired) electrons. The van der Waals surface area contributed by atoms with Crippen molar-refractivity contribution < 1.29 is 13.2 Å². The minimum atomic E-state index is -0.785. The maximum absolute atomic E-state index is 13.7. The van der Waals surface area contributed by atoms with Gasteiger partial charge in [0, 0.05) is 12.1 Å². The van der Waals surface area contributed by atoms with Crippen LogP contribution in [0, 0.1) is 17.5 Å². The van der Waals surface area contributed by atoms with Crippen molar-refractivity contribution in [1.29, 1.82) is 0 Å². The average Bonchev–Trinajstić information content (AvgIpc) is 2.72. The second kappa shape index (κ2) is 4.96. The maximum atomic E-state index is 13.7. The Hall–Kier alpha value is -2.21. The van der Waals surface area contributed by atoms with Gasteiger partial charge in [0.05, 0.1) is 17.1 Å². The normalized spacial score (nSPS) is 11.2. The van der Waals surface area contributed by atoms with Gasteiger partial charge in [0.25, 0.3) is 0 Å². The molecule has 3 aromatic rings. The Labute approximate surface area is 122 Å². The van der Waals surface area contributed by atoms with Gasteiger partial charge in [-0.1, -0.05) is 17.7 Å². The number of aromatic nitrogens is 2. The topological polar surface area (TPSA) is 43.8 Å². The van der Waals surface area contributed by atoms with Gasteiger partial charge < -0.3 is 10.3 Å². The van der Waals surface area contributed by atoms with Crippen LogP contribution >= 0.6 is 11.6 Å². The van der Waals surface area contributed by atoms with Gasteiger partial charge in [0.15, 0.2) is 5.82 Å². The van der Waals surface area contributed by atoms with Crippen LogP contribution in [0.2, 0.25) is 5.02 Å². The first-order valence-corrected chi connectivity index (χ1v) is 6.38. The Morgan fingerprint density at radius 2 is 1.86 bits per heavy atom. The van der Waals surface area contributed by atoms with Gasteiger partial charge in [-0.05, 0) is 17.7 Å². The van der Waals surface area contributed by atoms with E-state index >= 15 is 0 Å². The Kier molecular flexibility index (Phi) is 3.25. The van der Waals surface area contributed by atoms with Crippen molar-refractivity contribution in [1.82, 2.24) is 9.55 Å². The van der Waals surface area contributed by atoms with Gasteiger partial charge in [-0.3, -0.25) is 0 Å². The molecule has 0 fully saturated rings. The fourth-order valence-corrected chi connectivity index (χ4v) is 2.36. The fraction of sp³-hybridized carbons (Fsp3) is 0.0714. The molecular formula is C14H9ClF3N3. The van der Waals surface area contributed by atoms with E-state index < -0.39 is 17.5 Å². The van der Waals surface area contributed by atoms with Crippen molar-refractivity contribution in [2.75, 3.05) is 5.73 Å². The lowest BCUT2D eigenvalue weighted by Gasteiger charge is -2.07. The molecule has 1 heterocycles. The van der Waals surface area contributed by atoms with Crippen LogP contribution in [0.25, 0.3) is 11.0 Å². The van der Waals surface area contributed by atoms with E-state index in [0.29, 0.717) is 5.56 Å². The molecule has 0 atom stereocenters. The van der Waals surface area contributed by atoms with E-state index in [1.54, 1.807) is 0 Å². The highest BCUT2D eigenvalue weighted by Gasteiger charge is 2.14. The Morgan fingerprint density at radius 3 is 2.57 bits per heavy atom. The molecule has 3 rings (SSSR count). The predicted octanol–water partition coefficient (Wildman–Crippen LogP) is 3.74. The summed E-state index contributed by atoms with van der Waals surface area (Å²) in [6.45, 7) is 0.172. The van der Waals surface area contributed by atoms with Crippen LogP contribution in [0.4, 0.5) is 19.1 Å². The molecule has 0 amide bonds. The highest BCUT2D eigenvalue weighted by molar-refractivity contribution is 6.30. The first-order valence-electron chi connectivity index (χ1n) is 6.00. The third-order valence-electron chi connectivity index (χ3n) is 3.13. The quantitative estimate of drug-likeness (QED) is 0.783. The molecule has 1 aromatic heterocycles. The highest BCUT2D eigenvalue weighted by atomic mass is 35.5. The standard InChI is InChI=1S/C14H9ClF3N3/c15-9-3-7(1-2-10(9)17)6-21-12-5-8(16)4-11(18)13(12)20-14(21)19/h1-5H,6H2,(H2,19,20). The minimum Gasteiger partial charge on any atom is -0.369 e. The molecule has 0 bridgehead atoms. The number of imidazole rings is 1. The lowest BCUT2D eigenvalue weighted by molar-refractivity contribution is 0.590. The van der Waals surface area contributed by atoms with Crippen molar-refractivity contribution >= 4 is 28.6 Å². The molecule has 2 N–H and O–H groups in total. The summed E-state index contributed by atoms with van der Waals surface area (Å²) in [6, 6.07) is 6.05. The minimum absolute atomic E-state index is 0.0119. The Balaban J connectivity index is 2.11. The van der Waals surface area contributed by atoms with E-state index in [9.17, 15) is 13.2 Å². The van der Waals surface area contributed by atoms with E-state index in [2.05, 4.69) is 4.98 Å². The fourth-order valence-electron chi connectivity index (χ4n) is 2.15. The zero-order valence-corrected chi connectivity index (χ0v) is 11.3. The number of anilines is 1. The number of halogens is 4. The summed E-state index contributed by atoms with van der Waals surface area (Å²) in [6.07, 6.45) is 0. The summed E-state index contributed by atoms with van der Waals surface area (Å²) < 4.78 is 41.6. The van der Waals surface area contributed by atoms with E-state index in [4.69, 9.17) is 17.3 Å². The lowest BCUT2D eigenvalue weighted by atomic mass is 10.2. The Morgan fingerprint density at radius 1 is 1.10 bits per heavy atom. The van der Waals surface area contributed by atoms with Crippen molar-refractivity contribution in [2.45, 2.75) is 6.54 Å². The smallest absolute Gasteiger partial charge is 0.201 e. The molecule has 0 spiro atoms. The summed E-state index contributed by atoms with van der Waals surface area (Å²) in [5, 5.41) is -0.0344. The maximum Gasteiger partial charge on any atom is 0.201 e. The van der Waals surface area contributed by atoms with Crippen LogP contribution in [0.15, 0.2) is 30.3 Å². The molecular weight excluding hydrogens is 303 g/mol. The van der Waals surface area contributed by atoms with Gasteiger partial charge in [-0.15, -0.1) is 0 Å². The third-order valence-corrected chi connectivity index (χ3v) is 3.42. The van der Waals surface area contributed by atoms with Crippen LogP contribution < -0.4 is 5.73 Å². The molecule has 0 aliphatic carbocycles. The molecule has 2 aromatic carbocycles. The summed E-state index contributed by atoms with van der Waals surface area (Å²) in [7, 11) is 0. The van der Waals surface area contributed by atoms with E-state index in [0.717, 1.165) is 12.1 Å². The van der Waals surface area contributed by atoms with E-state index in [1.165, 1.54) is 22.8 Å². The number of hydrogen-bond donors (Lipinski definition) is 1. The van der Waals surface area contributed by atoms with Crippen LogP contribution in [0.5, 0.6) is 0 Å². The van der Waals surface area contributed by atoms with Crippen molar-refractivity contribution in [3.05, 3.63) is 58.4 Å². The monoisotopic (exact) mass is 311 g/mol.